The van der Waals surface area contributed by atoms with Gasteiger partial charge in [-0.1, -0.05) is 19.8 Å². The highest BCUT2D eigenvalue weighted by molar-refractivity contribution is 5.81. The first-order valence-corrected chi connectivity index (χ1v) is 11.9. The zero-order chi connectivity index (χ0) is 22.2. The molecule has 2 aromatic heterocycles. The van der Waals surface area contributed by atoms with Crippen molar-refractivity contribution >= 4 is 10.9 Å². The molecule has 3 heterocycles. The van der Waals surface area contributed by atoms with E-state index >= 15 is 0 Å². The number of aromatic amines is 1. The Kier molecular flexibility index (Phi) is 5.82. The number of aryl methyl sites for hydroxylation is 2. The van der Waals surface area contributed by atoms with Crippen LogP contribution >= 0.6 is 0 Å². The molecule has 2 aliphatic rings. The summed E-state index contributed by atoms with van der Waals surface area (Å²) < 4.78 is 2.01. The molecular weight excluding hydrogens is 402 g/mol. The second-order valence-electron chi connectivity index (χ2n) is 9.37. The Morgan fingerprint density at radius 2 is 1.78 bits per heavy atom. The van der Waals surface area contributed by atoms with E-state index in [0.717, 1.165) is 67.9 Å². The first-order chi connectivity index (χ1) is 15.5. The summed E-state index contributed by atoms with van der Waals surface area (Å²) in [4.78, 5) is 21.4. The summed E-state index contributed by atoms with van der Waals surface area (Å²) in [7, 11) is 0. The molecule has 1 aliphatic carbocycles. The molecule has 2 fully saturated rings. The van der Waals surface area contributed by atoms with Crippen LogP contribution in [0.4, 0.5) is 0 Å². The van der Waals surface area contributed by atoms with Crippen molar-refractivity contribution in [1.82, 2.24) is 35.0 Å². The minimum Gasteiger partial charge on any atom is -0.322 e. The van der Waals surface area contributed by atoms with Crippen molar-refractivity contribution in [3.8, 4) is 0 Å². The van der Waals surface area contributed by atoms with E-state index in [2.05, 4.69) is 69.3 Å². The molecule has 5 rings (SSSR count). The van der Waals surface area contributed by atoms with Crippen molar-refractivity contribution in [1.29, 1.82) is 0 Å². The number of hydrogen-bond acceptors (Lipinski definition) is 6. The van der Waals surface area contributed by atoms with E-state index in [4.69, 9.17) is 0 Å². The van der Waals surface area contributed by atoms with Gasteiger partial charge in [0.1, 0.15) is 6.04 Å². The zero-order valence-electron chi connectivity index (χ0n) is 19.3. The fourth-order valence-electron chi connectivity index (χ4n) is 5.32. The summed E-state index contributed by atoms with van der Waals surface area (Å²) in [6, 6.07) is 6.36. The lowest BCUT2D eigenvalue weighted by Crippen LogP contribution is -2.49. The van der Waals surface area contributed by atoms with Gasteiger partial charge in [0.25, 0.3) is 5.56 Å². The van der Waals surface area contributed by atoms with Gasteiger partial charge in [0, 0.05) is 37.3 Å². The van der Waals surface area contributed by atoms with Gasteiger partial charge in [-0.2, -0.15) is 0 Å². The van der Waals surface area contributed by atoms with Crippen LogP contribution in [0.3, 0.4) is 0 Å². The maximum atomic E-state index is 13.4. The minimum atomic E-state index is -0.251. The van der Waals surface area contributed by atoms with Gasteiger partial charge in [-0.05, 0) is 78.4 Å². The number of rotatable bonds is 5. The standard InChI is InChI=1S/C24H33N7O/c1-4-29-9-11-30(12-10-29)22(23-26-27-28-31(23)19-7-5-6-8-19)20-15-18-13-16(2)17(3)14-21(18)25-24(20)32/h13-15,19,22H,4-12H2,1-3H3,(H,25,32)/t22-/m1/s1. The lowest BCUT2D eigenvalue weighted by Gasteiger charge is -2.38. The molecule has 0 radical (unpaired) electrons. The van der Waals surface area contributed by atoms with Crippen LogP contribution in [0.5, 0.6) is 0 Å². The number of nitrogens with zero attached hydrogens (tertiary/aromatic N) is 6. The first kappa shape index (κ1) is 21.3. The minimum absolute atomic E-state index is 0.0513. The largest absolute Gasteiger partial charge is 0.322 e. The highest BCUT2D eigenvalue weighted by Crippen LogP contribution is 2.34. The van der Waals surface area contributed by atoms with Crippen molar-refractivity contribution in [3.63, 3.8) is 0 Å². The SMILES string of the molecule is CCN1CCN([C@H](c2cc3cc(C)c(C)cc3[nH]c2=O)c2nnnn2C2CCCC2)CC1. The van der Waals surface area contributed by atoms with Gasteiger partial charge < -0.3 is 9.88 Å². The molecule has 0 unspecified atom stereocenters. The van der Waals surface area contributed by atoms with Crippen molar-refractivity contribution in [2.75, 3.05) is 32.7 Å². The number of benzene rings is 1. The number of pyridine rings is 1. The molecule has 1 saturated carbocycles. The highest BCUT2D eigenvalue weighted by Gasteiger charge is 2.34. The number of fused-ring (bicyclic) bond motifs is 1. The summed E-state index contributed by atoms with van der Waals surface area (Å²) in [6.07, 6.45) is 4.61. The zero-order valence-corrected chi connectivity index (χ0v) is 19.3. The molecule has 1 aliphatic heterocycles. The number of tetrazole rings is 1. The molecule has 0 amide bonds. The predicted molar refractivity (Wildman–Crippen MR) is 125 cm³/mol. The first-order valence-electron chi connectivity index (χ1n) is 11.9. The van der Waals surface area contributed by atoms with E-state index in [-0.39, 0.29) is 11.6 Å². The number of likely N-dealkylation sites (N-methyl/N-ethyl adjacent to an activating group) is 1. The maximum Gasteiger partial charge on any atom is 0.253 e. The monoisotopic (exact) mass is 435 g/mol. The third-order valence-corrected chi connectivity index (χ3v) is 7.43. The van der Waals surface area contributed by atoms with Crippen LogP contribution in [-0.4, -0.2) is 67.7 Å². The molecule has 170 valence electrons. The number of aromatic nitrogens is 5. The van der Waals surface area contributed by atoms with Crippen LogP contribution < -0.4 is 5.56 Å². The maximum absolute atomic E-state index is 13.4. The second kappa shape index (κ2) is 8.75. The summed E-state index contributed by atoms with van der Waals surface area (Å²) in [5, 5.41) is 14.0. The summed E-state index contributed by atoms with van der Waals surface area (Å²) in [6.45, 7) is 11.2. The Balaban J connectivity index is 1.62. The third-order valence-electron chi connectivity index (χ3n) is 7.43. The van der Waals surface area contributed by atoms with Gasteiger partial charge in [-0.25, -0.2) is 4.68 Å². The molecule has 1 saturated heterocycles. The summed E-state index contributed by atoms with van der Waals surface area (Å²) in [5.74, 6) is 0.801. The Bertz CT molecular complexity index is 1150. The molecule has 8 nitrogen and oxygen atoms in total. The molecule has 1 aromatic carbocycles. The van der Waals surface area contributed by atoms with E-state index in [0.29, 0.717) is 6.04 Å². The van der Waals surface area contributed by atoms with Gasteiger partial charge in [-0.15, -0.1) is 5.10 Å². The van der Waals surface area contributed by atoms with Crippen molar-refractivity contribution in [3.05, 3.63) is 51.1 Å². The fourth-order valence-corrected chi connectivity index (χ4v) is 5.32. The molecule has 3 aromatic rings. The van der Waals surface area contributed by atoms with Gasteiger partial charge in [-0.3, -0.25) is 9.69 Å². The highest BCUT2D eigenvalue weighted by atomic mass is 16.1. The Hall–Kier alpha value is -2.58. The van der Waals surface area contributed by atoms with Crippen LogP contribution in [0, 0.1) is 13.8 Å². The number of piperazine rings is 1. The van der Waals surface area contributed by atoms with Gasteiger partial charge in [0.05, 0.1) is 6.04 Å². The average Bonchev–Trinajstić information content (AvgIpc) is 3.48. The lowest BCUT2D eigenvalue weighted by atomic mass is 10.00. The van der Waals surface area contributed by atoms with Gasteiger partial charge in [0.15, 0.2) is 5.82 Å². The quantitative estimate of drug-likeness (QED) is 0.663. The van der Waals surface area contributed by atoms with Gasteiger partial charge in [0.2, 0.25) is 0 Å². The Labute approximate surface area is 188 Å². The number of hydrogen-bond donors (Lipinski definition) is 1. The van der Waals surface area contributed by atoms with Crippen LogP contribution in [-0.2, 0) is 0 Å². The van der Waals surface area contributed by atoms with Crippen LogP contribution in [0.2, 0.25) is 0 Å². The number of nitrogens with one attached hydrogen (secondary N) is 1. The lowest BCUT2D eigenvalue weighted by molar-refractivity contribution is 0.107. The number of H-pyrrole nitrogens is 1. The molecule has 0 spiro atoms. The van der Waals surface area contributed by atoms with Crippen LogP contribution in [0.15, 0.2) is 23.0 Å². The Morgan fingerprint density at radius 1 is 1.06 bits per heavy atom. The average molecular weight is 436 g/mol. The van der Waals surface area contributed by atoms with Crippen molar-refractivity contribution < 1.29 is 0 Å². The van der Waals surface area contributed by atoms with E-state index < -0.39 is 0 Å². The van der Waals surface area contributed by atoms with Crippen LogP contribution in [0.25, 0.3) is 10.9 Å². The van der Waals surface area contributed by atoms with E-state index in [1.54, 1.807) is 0 Å². The Morgan fingerprint density at radius 3 is 2.50 bits per heavy atom. The summed E-state index contributed by atoms with van der Waals surface area (Å²) >= 11 is 0. The molecule has 1 N–H and O–H groups in total. The van der Waals surface area contributed by atoms with E-state index in [9.17, 15) is 4.79 Å². The molecule has 1 atom stereocenters. The fraction of sp³-hybridized carbons (Fsp3) is 0.583. The third kappa shape index (κ3) is 3.86. The van der Waals surface area contributed by atoms with Crippen LogP contribution in [0.1, 0.15) is 67.2 Å². The normalized spacial score (nSPS) is 19.7. The van der Waals surface area contributed by atoms with E-state index in [1.807, 2.05) is 4.68 Å². The predicted octanol–water partition coefficient (Wildman–Crippen LogP) is 2.97. The smallest absolute Gasteiger partial charge is 0.253 e. The topological polar surface area (TPSA) is 82.9 Å². The summed E-state index contributed by atoms with van der Waals surface area (Å²) in [5.41, 5.74) is 3.97. The second-order valence-corrected chi connectivity index (χ2v) is 9.37. The van der Waals surface area contributed by atoms with E-state index in [1.165, 1.54) is 24.0 Å². The molecular formula is C24H33N7O. The van der Waals surface area contributed by atoms with Crippen molar-refractivity contribution in [2.24, 2.45) is 0 Å². The molecule has 0 bridgehead atoms. The van der Waals surface area contributed by atoms with Crippen molar-refractivity contribution in [2.45, 2.75) is 58.5 Å². The van der Waals surface area contributed by atoms with Gasteiger partial charge >= 0.3 is 0 Å². The molecule has 32 heavy (non-hydrogen) atoms. The molecule has 8 heteroatoms.